The minimum Gasteiger partial charge on any atom is -0.361 e. The molecule has 0 spiro atoms. The highest BCUT2D eigenvalue weighted by Gasteiger charge is 2.50. The second-order valence-corrected chi connectivity index (χ2v) is 5.30. The lowest BCUT2D eigenvalue weighted by molar-refractivity contribution is -0.154. The summed E-state index contributed by atoms with van der Waals surface area (Å²) in [6.45, 7) is 10.6. The molecule has 1 fully saturated rings. The van der Waals surface area contributed by atoms with Crippen molar-refractivity contribution in [2.75, 3.05) is 0 Å². The van der Waals surface area contributed by atoms with Crippen molar-refractivity contribution in [3.05, 3.63) is 0 Å². The number of aldehydes is 1. The lowest BCUT2D eigenvalue weighted by Gasteiger charge is -2.38. The molecule has 82 valence electrons. The van der Waals surface area contributed by atoms with E-state index < -0.39 is 5.60 Å². The van der Waals surface area contributed by atoms with Gasteiger partial charge in [-0.25, -0.2) is 0 Å². The standard InChI is InChI=1S/C12H22O2/c1-9(2)12(10(3)4)7-6-11(5,8-13)14-12/h8-10H,6-7H2,1-5H3. The molecule has 1 atom stereocenters. The van der Waals surface area contributed by atoms with Crippen LogP contribution < -0.4 is 0 Å². The number of hydrogen-bond acceptors (Lipinski definition) is 2. The van der Waals surface area contributed by atoms with E-state index in [1.807, 2.05) is 6.92 Å². The number of hydrogen-bond donors (Lipinski definition) is 0. The van der Waals surface area contributed by atoms with Gasteiger partial charge in [-0.3, -0.25) is 0 Å². The largest absolute Gasteiger partial charge is 0.361 e. The molecule has 2 heteroatoms. The molecule has 1 unspecified atom stereocenters. The fourth-order valence-corrected chi connectivity index (χ4v) is 2.54. The van der Waals surface area contributed by atoms with Gasteiger partial charge in [0.1, 0.15) is 5.60 Å². The van der Waals surface area contributed by atoms with Crippen molar-refractivity contribution in [1.82, 2.24) is 0 Å². The Morgan fingerprint density at radius 3 is 1.86 bits per heavy atom. The number of rotatable bonds is 3. The summed E-state index contributed by atoms with van der Waals surface area (Å²) < 4.78 is 6.04. The van der Waals surface area contributed by atoms with Crippen LogP contribution in [0.4, 0.5) is 0 Å². The Morgan fingerprint density at radius 1 is 1.14 bits per heavy atom. The Hall–Kier alpha value is -0.370. The molecule has 1 aliphatic rings. The number of ether oxygens (including phenoxy) is 1. The van der Waals surface area contributed by atoms with Crippen LogP contribution in [0, 0.1) is 11.8 Å². The lowest BCUT2D eigenvalue weighted by atomic mass is 9.78. The molecular weight excluding hydrogens is 176 g/mol. The van der Waals surface area contributed by atoms with E-state index in [0.29, 0.717) is 11.8 Å². The Kier molecular flexibility index (Phi) is 3.05. The van der Waals surface area contributed by atoms with Crippen molar-refractivity contribution >= 4 is 6.29 Å². The molecule has 2 nitrogen and oxygen atoms in total. The molecule has 0 amide bonds. The molecule has 0 aromatic rings. The van der Waals surface area contributed by atoms with E-state index in [1.165, 1.54) is 0 Å². The lowest BCUT2D eigenvalue weighted by Crippen LogP contribution is -2.43. The van der Waals surface area contributed by atoms with Crippen LogP contribution in [0.2, 0.25) is 0 Å². The Balaban J connectivity index is 2.90. The summed E-state index contributed by atoms with van der Waals surface area (Å²) in [4.78, 5) is 10.9. The Labute approximate surface area is 87.0 Å². The molecule has 1 saturated heterocycles. The smallest absolute Gasteiger partial charge is 0.151 e. The minimum atomic E-state index is -0.547. The molecule has 1 aliphatic heterocycles. The predicted octanol–water partition coefficient (Wildman–Crippen LogP) is 2.81. The third kappa shape index (κ3) is 1.72. The average Bonchev–Trinajstić information content (AvgIpc) is 2.46. The molecule has 0 aliphatic carbocycles. The van der Waals surface area contributed by atoms with Crippen molar-refractivity contribution in [3.63, 3.8) is 0 Å². The van der Waals surface area contributed by atoms with E-state index in [0.717, 1.165) is 19.1 Å². The fraction of sp³-hybridized carbons (Fsp3) is 0.917. The van der Waals surface area contributed by atoms with Gasteiger partial charge in [-0.1, -0.05) is 27.7 Å². The molecule has 0 radical (unpaired) electrons. The van der Waals surface area contributed by atoms with Crippen LogP contribution in [0.25, 0.3) is 0 Å². The van der Waals surface area contributed by atoms with Crippen LogP contribution in [0.5, 0.6) is 0 Å². The average molecular weight is 198 g/mol. The van der Waals surface area contributed by atoms with Gasteiger partial charge in [-0.15, -0.1) is 0 Å². The summed E-state index contributed by atoms with van der Waals surface area (Å²) in [5, 5.41) is 0. The van der Waals surface area contributed by atoms with Crippen molar-refractivity contribution in [1.29, 1.82) is 0 Å². The first-order valence-corrected chi connectivity index (χ1v) is 5.53. The number of carbonyl (C=O) groups excluding carboxylic acids is 1. The zero-order valence-corrected chi connectivity index (χ0v) is 9.96. The van der Waals surface area contributed by atoms with Crippen molar-refractivity contribution < 1.29 is 9.53 Å². The Morgan fingerprint density at radius 2 is 1.64 bits per heavy atom. The van der Waals surface area contributed by atoms with Gasteiger partial charge in [0.05, 0.1) is 5.60 Å². The summed E-state index contributed by atoms with van der Waals surface area (Å²) >= 11 is 0. The van der Waals surface area contributed by atoms with Crippen LogP contribution in [0.1, 0.15) is 47.5 Å². The topological polar surface area (TPSA) is 26.3 Å². The van der Waals surface area contributed by atoms with Gasteiger partial charge in [0.25, 0.3) is 0 Å². The predicted molar refractivity (Wildman–Crippen MR) is 57.2 cm³/mol. The van der Waals surface area contributed by atoms with Crippen molar-refractivity contribution in [3.8, 4) is 0 Å². The van der Waals surface area contributed by atoms with E-state index in [2.05, 4.69) is 27.7 Å². The summed E-state index contributed by atoms with van der Waals surface area (Å²) in [6, 6.07) is 0. The first kappa shape index (κ1) is 11.7. The zero-order chi connectivity index (χ0) is 11.0. The highest BCUT2D eigenvalue weighted by Crippen LogP contribution is 2.45. The van der Waals surface area contributed by atoms with E-state index >= 15 is 0 Å². The van der Waals surface area contributed by atoms with Crippen molar-refractivity contribution in [2.45, 2.75) is 58.7 Å². The van der Waals surface area contributed by atoms with Gasteiger partial charge in [0.2, 0.25) is 0 Å². The third-order valence-corrected chi connectivity index (χ3v) is 3.64. The third-order valence-electron chi connectivity index (χ3n) is 3.64. The highest BCUT2D eigenvalue weighted by atomic mass is 16.5. The quantitative estimate of drug-likeness (QED) is 0.652. The molecule has 1 heterocycles. The van der Waals surface area contributed by atoms with Crippen LogP contribution in [0.3, 0.4) is 0 Å². The molecular formula is C12H22O2. The van der Waals surface area contributed by atoms with Crippen LogP contribution >= 0.6 is 0 Å². The van der Waals surface area contributed by atoms with Crippen LogP contribution in [-0.4, -0.2) is 17.5 Å². The minimum absolute atomic E-state index is 0.102. The number of carbonyl (C=O) groups is 1. The van der Waals surface area contributed by atoms with E-state index in [9.17, 15) is 4.79 Å². The molecule has 0 bridgehead atoms. The Bertz CT molecular complexity index is 212. The fourth-order valence-electron chi connectivity index (χ4n) is 2.54. The van der Waals surface area contributed by atoms with Gasteiger partial charge in [-0.05, 0) is 31.6 Å². The van der Waals surface area contributed by atoms with Gasteiger partial charge >= 0.3 is 0 Å². The SMILES string of the molecule is CC(C)C1(C(C)C)CCC(C)(C=O)O1. The van der Waals surface area contributed by atoms with Crippen LogP contribution in [0.15, 0.2) is 0 Å². The van der Waals surface area contributed by atoms with E-state index in [-0.39, 0.29) is 5.60 Å². The summed E-state index contributed by atoms with van der Waals surface area (Å²) in [7, 11) is 0. The van der Waals surface area contributed by atoms with E-state index in [4.69, 9.17) is 4.74 Å². The van der Waals surface area contributed by atoms with E-state index in [1.54, 1.807) is 0 Å². The molecule has 0 aromatic carbocycles. The first-order chi connectivity index (χ1) is 6.36. The maximum absolute atomic E-state index is 10.9. The van der Waals surface area contributed by atoms with Gasteiger partial charge < -0.3 is 9.53 Å². The summed E-state index contributed by atoms with van der Waals surface area (Å²) in [6.07, 6.45) is 2.81. The van der Waals surface area contributed by atoms with Gasteiger partial charge in [0, 0.05) is 0 Å². The zero-order valence-electron chi connectivity index (χ0n) is 9.96. The van der Waals surface area contributed by atoms with Crippen molar-refractivity contribution in [2.24, 2.45) is 11.8 Å². The normalized spacial score (nSPS) is 31.4. The molecule has 0 N–H and O–H groups in total. The van der Waals surface area contributed by atoms with Crippen LogP contribution in [-0.2, 0) is 9.53 Å². The molecule has 0 aromatic heterocycles. The second-order valence-electron chi connectivity index (χ2n) is 5.30. The van der Waals surface area contributed by atoms with Gasteiger partial charge in [-0.2, -0.15) is 0 Å². The molecule has 14 heavy (non-hydrogen) atoms. The highest BCUT2D eigenvalue weighted by molar-refractivity contribution is 5.62. The summed E-state index contributed by atoms with van der Waals surface area (Å²) in [5.41, 5.74) is -0.649. The molecule has 1 rings (SSSR count). The maximum Gasteiger partial charge on any atom is 0.151 e. The first-order valence-electron chi connectivity index (χ1n) is 5.53. The maximum atomic E-state index is 10.9. The second kappa shape index (κ2) is 3.65. The monoisotopic (exact) mass is 198 g/mol. The van der Waals surface area contributed by atoms with Gasteiger partial charge in [0.15, 0.2) is 6.29 Å². The summed E-state index contributed by atoms with van der Waals surface area (Å²) in [5.74, 6) is 0.925. The molecule has 0 saturated carbocycles.